The Morgan fingerprint density at radius 2 is 2.06 bits per heavy atom. The summed E-state index contributed by atoms with van der Waals surface area (Å²) in [4.78, 5) is 22.0. The van der Waals surface area contributed by atoms with Crippen LogP contribution in [-0.2, 0) is 9.59 Å². The van der Waals surface area contributed by atoms with Gasteiger partial charge < -0.3 is 10.4 Å². The molecule has 1 rings (SSSR count). The van der Waals surface area contributed by atoms with Crippen LogP contribution in [0.4, 0.5) is 0 Å². The smallest absolute Gasteiger partial charge is 0.303 e. The number of hydrogen-bond acceptors (Lipinski definition) is 2. The van der Waals surface area contributed by atoms with Crippen LogP contribution in [0.1, 0.15) is 51.9 Å². The molecule has 1 amide bonds. The van der Waals surface area contributed by atoms with E-state index in [4.69, 9.17) is 5.11 Å². The first kappa shape index (κ1) is 14.0. The van der Waals surface area contributed by atoms with Gasteiger partial charge in [-0.25, -0.2) is 0 Å². The number of nitrogens with one attached hydrogen (secondary N) is 1. The molecular weight excluding hydrogens is 218 g/mol. The van der Waals surface area contributed by atoms with Crippen molar-refractivity contribution < 1.29 is 14.7 Å². The first-order valence-electron chi connectivity index (χ1n) is 6.63. The molecule has 0 aromatic carbocycles. The Labute approximate surface area is 103 Å². The largest absolute Gasteiger partial charge is 0.481 e. The Morgan fingerprint density at radius 1 is 1.35 bits per heavy atom. The van der Waals surface area contributed by atoms with E-state index in [0.717, 1.165) is 25.7 Å². The highest BCUT2D eigenvalue weighted by Gasteiger charge is 2.24. The zero-order valence-electron chi connectivity index (χ0n) is 10.6. The summed E-state index contributed by atoms with van der Waals surface area (Å²) in [5, 5.41) is 11.6. The molecule has 0 saturated heterocycles. The molecule has 1 aliphatic carbocycles. The molecule has 4 heteroatoms. The van der Waals surface area contributed by atoms with Gasteiger partial charge in [0, 0.05) is 18.9 Å². The summed E-state index contributed by atoms with van der Waals surface area (Å²) in [6.45, 7) is 2.76. The van der Waals surface area contributed by atoms with Crippen LogP contribution in [0.25, 0.3) is 0 Å². The molecule has 4 nitrogen and oxygen atoms in total. The predicted octanol–water partition coefficient (Wildman–Crippen LogP) is 2.18. The van der Waals surface area contributed by atoms with Crippen molar-refractivity contribution in [2.75, 3.05) is 6.54 Å². The minimum Gasteiger partial charge on any atom is -0.481 e. The Hall–Kier alpha value is -1.06. The molecule has 1 fully saturated rings. The van der Waals surface area contributed by atoms with E-state index in [1.807, 2.05) is 0 Å². The lowest BCUT2D eigenvalue weighted by Crippen LogP contribution is -2.35. The van der Waals surface area contributed by atoms with Gasteiger partial charge in [-0.1, -0.05) is 19.8 Å². The van der Waals surface area contributed by atoms with Crippen molar-refractivity contribution in [3.8, 4) is 0 Å². The highest BCUT2D eigenvalue weighted by Crippen LogP contribution is 2.26. The van der Waals surface area contributed by atoms with E-state index in [2.05, 4.69) is 12.2 Å². The molecule has 0 radical (unpaired) electrons. The fourth-order valence-corrected chi connectivity index (χ4v) is 2.09. The predicted molar refractivity (Wildman–Crippen MR) is 65.6 cm³/mol. The van der Waals surface area contributed by atoms with Crippen molar-refractivity contribution >= 4 is 11.9 Å². The average molecular weight is 241 g/mol. The standard InChI is InChI=1S/C13H23NO3/c1-2-10(6-7-12(15)16)8-9-14-13(17)11-4-3-5-11/h10-11H,2-9H2,1H3,(H,14,17)(H,15,16). The molecule has 1 aliphatic rings. The van der Waals surface area contributed by atoms with Crippen molar-refractivity contribution in [2.45, 2.75) is 51.9 Å². The first-order chi connectivity index (χ1) is 8.13. The third-order valence-electron chi connectivity index (χ3n) is 3.67. The van der Waals surface area contributed by atoms with Gasteiger partial charge in [-0.3, -0.25) is 9.59 Å². The fraction of sp³-hybridized carbons (Fsp3) is 0.846. The summed E-state index contributed by atoms with van der Waals surface area (Å²) in [5.74, 6) is 0.105. The average Bonchev–Trinajstić information content (AvgIpc) is 2.20. The van der Waals surface area contributed by atoms with Crippen LogP contribution in [0.2, 0.25) is 0 Å². The van der Waals surface area contributed by atoms with Crippen molar-refractivity contribution in [3.63, 3.8) is 0 Å². The molecule has 17 heavy (non-hydrogen) atoms. The molecule has 0 aromatic rings. The highest BCUT2D eigenvalue weighted by molar-refractivity contribution is 5.79. The van der Waals surface area contributed by atoms with Crippen molar-refractivity contribution in [1.82, 2.24) is 5.32 Å². The zero-order chi connectivity index (χ0) is 12.7. The van der Waals surface area contributed by atoms with Crippen LogP contribution >= 0.6 is 0 Å². The topological polar surface area (TPSA) is 66.4 Å². The van der Waals surface area contributed by atoms with E-state index < -0.39 is 5.97 Å². The van der Waals surface area contributed by atoms with E-state index in [1.54, 1.807) is 0 Å². The van der Waals surface area contributed by atoms with Crippen LogP contribution in [0.15, 0.2) is 0 Å². The molecular formula is C13H23NO3. The maximum atomic E-state index is 11.6. The van der Waals surface area contributed by atoms with Gasteiger partial charge in [0.2, 0.25) is 5.91 Å². The molecule has 0 spiro atoms. The van der Waals surface area contributed by atoms with Gasteiger partial charge in [-0.15, -0.1) is 0 Å². The van der Waals surface area contributed by atoms with Crippen LogP contribution in [0, 0.1) is 11.8 Å². The van der Waals surface area contributed by atoms with Crippen molar-refractivity contribution in [2.24, 2.45) is 11.8 Å². The molecule has 0 bridgehead atoms. The van der Waals surface area contributed by atoms with Gasteiger partial charge in [0.1, 0.15) is 0 Å². The summed E-state index contributed by atoms with van der Waals surface area (Å²) < 4.78 is 0. The van der Waals surface area contributed by atoms with Crippen LogP contribution < -0.4 is 5.32 Å². The number of amides is 1. The summed E-state index contributed by atoms with van der Waals surface area (Å²) in [5.41, 5.74) is 0. The summed E-state index contributed by atoms with van der Waals surface area (Å²) in [7, 11) is 0. The molecule has 1 saturated carbocycles. The lowest BCUT2D eigenvalue weighted by atomic mass is 9.85. The second-order valence-corrected chi connectivity index (χ2v) is 4.91. The van der Waals surface area contributed by atoms with Crippen LogP contribution in [0.3, 0.4) is 0 Å². The van der Waals surface area contributed by atoms with Crippen molar-refractivity contribution in [3.05, 3.63) is 0 Å². The quantitative estimate of drug-likeness (QED) is 0.684. The monoisotopic (exact) mass is 241 g/mol. The number of carboxylic acids is 1. The molecule has 0 aliphatic heterocycles. The molecule has 2 N–H and O–H groups in total. The molecule has 1 atom stereocenters. The van der Waals surface area contributed by atoms with Crippen molar-refractivity contribution in [1.29, 1.82) is 0 Å². The van der Waals surface area contributed by atoms with Gasteiger partial charge in [-0.2, -0.15) is 0 Å². The van der Waals surface area contributed by atoms with Crippen LogP contribution in [-0.4, -0.2) is 23.5 Å². The number of rotatable bonds is 8. The number of hydrogen-bond donors (Lipinski definition) is 2. The van der Waals surface area contributed by atoms with Gasteiger partial charge in [0.25, 0.3) is 0 Å². The molecule has 1 unspecified atom stereocenters. The number of carbonyl (C=O) groups excluding carboxylic acids is 1. The van der Waals surface area contributed by atoms with E-state index in [-0.39, 0.29) is 18.2 Å². The van der Waals surface area contributed by atoms with Gasteiger partial charge in [0.05, 0.1) is 0 Å². The second-order valence-electron chi connectivity index (χ2n) is 4.91. The van der Waals surface area contributed by atoms with Gasteiger partial charge in [0.15, 0.2) is 0 Å². The minimum atomic E-state index is -0.734. The van der Waals surface area contributed by atoms with Crippen LogP contribution in [0.5, 0.6) is 0 Å². The van der Waals surface area contributed by atoms with Gasteiger partial charge >= 0.3 is 5.97 Å². The number of carbonyl (C=O) groups is 2. The third-order valence-corrected chi connectivity index (χ3v) is 3.67. The minimum absolute atomic E-state index is 0.185. The van der Waals surface area contributed by atoms with E-state index >= 15 is 0 Å². The Morgan fingerprint density at radius 3 is 2.53 bits per heavy atom. The lowest BCUT2D eigenvalue weighted by Gasteiger charge is -2.24. The summed E-state index contributed by atoms with van der Waals surface area (Å²) in [6, 6.07) is 0. The van der Waals surface area contributed by atoms with E-state index in [9.17, 15) is 9.59 Å². The van der Waals surface area contributed by atoms with E-state index in [1.165, 1.54) is 6.42 Å². The Bertz CT molecular complexity index is 261. The number of carboxylic acid groups (broad SMARTS) is 1. The first-order valence-corrected chi connectivity index (χ1v) is 6.63. The zero-order valence-corrected chi connectivity index (χ0v) is 10.6. The summed E-state index contributed by atoms with van der Waals surface area (Å²) in [6.07, 6.45) is 6.05. The highest BCUT2D eigenvalue weighted by atomic mass is 16.4. The Kier molecular flexibility index (Phi) is 6.01. The maximum absolute atomic E-state index is 11.6. The van der Waals surface area contributed by atoms with Gasteiger partial charge in [-0.05, 0) is 31.6 Å². The normalized spacial score (nSPS) is 17.2. The maximum Gasteiger partial charge on any atom is 0.303 e. The molecule has 0 heterocycles. The summed E-state index contributed by atoms with van der Waals surface area (Å²) >= 11 is 0. The number of aliphatic carboxylic acids is 1. The fourth-order valence-electron chi connectivity index (χ4n) is 2.09. The molecule has 0 aromatic heterocycles. The third kappa shape index (κ3) is 5.20. The lowest BCUT2D eigenvalue weighted by molar-refractivity contribution is -0.137. The van der Waals surface area contributed by atoms with E-state index in [0.29, 0.717) is 18.9 Å². The SMILES string of the molecule is CCC(CCNC(=O)C1CCC1)CCC(=O)O. The Balaban J connectivity index is 2.09. The second kappa shape index (κ2) is 7.30. The molecule has 98 valence electrons.